The minimum absolute atomic E-state index is 0.597. The zero-order chi connectivity index (χ0) is 13.8. The van der Waals surface area contributed by atoms with Gasteiger partial charge in [0.15, 0.2) is 0 Å². The Morgan fingerprint density at radius 2 is 1.60 bits per heavy atom. The van der Waals surface area contributed by atoms with Gasteiger partial charge in [0.1, 0.15) is 0 Å². The molecular formula is C18H34N2. The van der Waals surface area contributed by atoms with Crippen molar-refractivity contribution in [1.29, 1.82) is 0 Å². The van der Waals surface area contributed by atoms with Crippen molar-refractivity contribution >= 4 is 0 Å². The molecule has 0 unspecified atom stereocenters. The summed E-state index contributed by atoms with van der Waals surface area (Å²) in [6, 6.07) is 0.871. The van der Waals surface area contributed by atoms with Gasteiger partial charge < -0.3 is 10.2 Å². The molecule has 1 aliphatic heterocycles. The van der Waals surface area contributed by atoms with E-state index in [1.54, 1.807) is 0 Å². The first-order valence-corrected chi connectivity index (χ1v) is 9.22. The van der Waals surface area contributed by atoms with Gasteiger partial charge in [-0.1, -0.05) is 32.6 Å². The fraction of sp³-hybridized carbons (Fsp3) is 1.00. The third kappa shape index (κ3) is 4.21. The molecule has 0 aromatic heterocycles. The molecule has 1 N–H and O–H groups in total. The largest absolute Gasteiger partial charge is 0.313 e. The van der Waals surface area contributed by atoms with Gasteiger partial charge in [-0.25, -0.2) is 0 Å². The van der Waals surface area contributed by atoms with Crippen molar-refractivity contribution < 1.29 is 0 Å². The summed E-state index contributed by atoms with van der Waals surface area (Å²) < 4.78 is 0. The predicted molar refractivity (Wildman–Crippen MR) is 86.0 cm³/mol. The molecule has 1 saturated heterocycles. The molecule has 0 aromatic rings. The summed E-state index contributed by atoms with van der Waals surface area (Å²) >= 11 is 0. The van der Waals surface area contributed by atoms with E-state index in [-0.39, 0.29) is 0 Å². The molecule has 0 aromatic carbocycles. The Balaban J connectivity index is 1.57. The van der Waals surface area contributed by atoms with Gasteiger partial charge in [-0.05, 0) is 62.9 Å². The van der Waals surface area contributed by atoms with Crippen LogP contribution < -0.4 is 5.32 Å². The lowest BCUT2D eigenvalue weighted by Gasteiger charge is -2.43. The summed E-state index contributed by atoms with van der Waals surface area (Å²) in [6.45, 7) is 7.84. The maximum atomic E-state index is 3.86. The summed E-state index contributed by atoms with van der Waals surface area (Å²) in [6.07, 6.45) is 14.5. The van der Waals surface area contributed by atoms with Crippen LogP contribution in [-0.2, 0) is 0 Å². The van der Waals surface area contributed by atoms with Crippen LogP contribution in [0.25, 0.3) is 0 Å². The van der Waals surface area contributed by atoms with Crippen LogP contribution in [-0.4, -0.2) is 37.1 Å². The molecule has 20 heavy (non-hydrogen) atoms. The first-order valence-electron chi connectivity index (χ1n) is 9.22. The highest BCUT2D eigenvalue weighted by atomic mass is 15.1. The highest BCUT2D eigenvalue weighted by Crippen LogP contribution is 2.40. The van der Waals surface area contributed by atoms with E-state index >= 15 is 0 Å². The normalized spacial score (nSPS) is 36.8. The maximum Gasteiger partial charge on any atom is 0.00684 e. The van der Waals surface area contributed by atoms with Crippen LogP contribution in [0.4, 0.5) is 0 Å². The molecule has 116 valence electrons. The van der Waals surface area contributed by atoms with Crippen molar-refractivity contribution in [2.75, 3.05) is 26.2 Å². The first-order chi connectivity index (χ1) is 9.76. The fourth-order valence-electron chi connectivity index (χ4n) is 4.18. The van der Waals surface area contributed by atoms with Crippen LogP contribution in [0.15, 0.2) is 0 Å². The zero-order valence-corrected chi connectivity index (χ0v) is 13.5. The summed E-state index contributed by atoms with van der Waals surface area (Å²) in [4.78, 5) is 2.80. The molecule has 0 bridgehead atoms. The molecule has 3 aliphatic rings. The number of hydrogen-bond acceptors (Lipinski definition) is 2. The van der Waals surface area contributed by atoms with Crippen LogP contribution in [0.5, 0.6) is 0 Å². The van der Waals surface area contributed by atoms with Gasteiger partial charge in [0.2, 0.25) is 0 Å². The van der Waals surface area contributed by atoms with Gasteiger partial charge in [-0.15, -0.1) is 0 Å². The van der Waals surface area contributed by atoms with Gasteiger partial charge in [-0.3, -0.25) is 0 Å². The van der Waals surface area contributed by atoms with Crippen molar-refractivity contribution in [1.82, 2.24) is 10.2 Å². The minimum Gasteiger partial charge on any atom is -0.313 e. The number of rotatable bonds is 5. The molecule has 3 rings (SSSR count). The van der Waals surface area contributed by atoms with Gasteiger partial charge >= 0.3 is 0 Å². The lowest BCUT2D eigenvalue weighted by Crippen LogP contribution is -2.47. The third-order valence-electron chi connectivity index (χ3n) is 5.94. The smallest absolute Gasteiger partial charge is 0.00684 e. The van der Waals surface area contributed by atoms with Crippen molar-refractivity contribution in [3.63, 3.8) is 0 Å². The Kier molecular flexibility index (Phi) is 5.04. The molecule has 0 atom stereocenters. The molecular weight excluding hydrogens is 244 g/mol. The topological polar surface area (TPSA) is 15.3 Å². The summed E-state index contributed by atoms with van der Waals surface area (Å²) in [7, 11) is 0. The second-order valence-corrected chi connectivity index (χ2v) is 8.03. The van der Waals surface area contributed by atoms with E-state index in [4.69, 9.17) is 0 Å². The highest BCUT2D eigenvalue weighted by molar-refractivity contribution is 4.92. The van der Waals surface area contributed by atoms with Crippen LogP contribution in [0.1, 0.15) is 71.1 Å². The lowest BCUT2D eigenvalue weighted by atomic mass is 9.70. The van der Waals surface area contributed by atoms with Crippen LogP contribution >= 0.6 is 0 Å². The quantitative estimate of drug-likeness (QED) is 0.822. The van der Waals surface area contributed by atoms with Crippen molar-refractivity contribution in [3.8, 4) is 0 Å². The molecule has 1 heterocycles. The Bertz CT molecular complexity index is 282. The van der Waals surface area contributed by atoms with Gasteiger partial charge in [0, 0.05) is 19.1 Å². The molecule has 0 amide bonds. The van der Waals surface area contributed by atoms with E-state index < -0.39 is 0 Å². The standard InChI is InChI=1S/C18H34N2/c1-16-8-10-18(11-9-16,14-19-17-6-7-17)15-20-12-4-2-3-5-13-20/h16-17,19H,2-15H2,1H3. The summed E-state index contributed by atoms with van der Waals surface area (Å²) in [5.74, 6) is 0.966. The number of likely N-dealkylation sites (tertiary alicyclic amines) is 1. The average molecular weight is 278 g/mol. The molecule has 0 radical (unpaired) electrons. The van der Waals surface area contributed by atoms with Crippen molar-refractivity contribution in [2.45, 2.75) is 77.2 Å². The molecule has 2 saturated carbocycles. The predicted octanol–water partition coefficient (Wildman–Crippen LogP) is 3.81. The SMILES string of the molecule is CC1CCC(CNC2CC2)(CN2CCCCCC2)CC1. The highest BCUT2D eigenvalue weighted by Gasteiger charge is 2.37. The Morgan fingerprint density at radius 3 is 2.20 bits per heavy atom. The van der Waals surface area contributed by atoms with E-state index in [0.29, 0.717) is 5.41 Å². The maximum absolute atomic E-state index is 3.86. The third-order valence-corrected chi connectivity index (χ3v) is 5.94. The van der Waals surface area contributed by atoms with Gasteiger partial charge in [0.05, 0.1) is 0 Å². The molecule has 3 fully saturated rings. The second kappa shape index (κ2) is 6.79. The van der Waals surface area contributed by atoms with Crippen LogP contribution in [0, 0.1) is 11.3 Å². The summed E-state index contributed by atoms with van der Waals surface area (Å²) in [5.41, 5.74) is 0.597. The van der Waals surface area contributed by atoms with Crippen LogP contribution in [0.2, 0.25) is 0 Å². The average Bonchev–Trinajstić information content (AvgIpc) is 3.27. The monoisotopic (exact) mass is 278 g/mol. The lowest BCUT2D eigenvalue weighted by molar-refractivity contribution is 0.0876. The van der Waals surface area contributed by atoms with E-state index in [9.17, 15) is 0 Å². The number of nitrogens with one attached hydrogen (secondary N) is 1. The van der Waals surface area contributed by atoms with E-state index in [2.05, 4.69) is 17.1 Å². The van der Waals surface area contributed by atoms with E-state index in [0.717, 1.165) is 12.0 Å². The van der Waals surface area contributed by atoms with Crippen LogP contribution in [0.3, 0.4) is 0 Å². The van der Waals surface area contributed by atoms with E-state index in [1.165, 1.54) is 90.4 Å². The Labute approximate surface area is 125 Å². The zero-order valence-electron chi connectivity index (χ0n) is 13.5. The van der Waals surface area contributed by atoms with Crippen molar-refractivity contribution in [3.05, 3.63) is 0 Å². The Morgan fingerprint density at radius 1 is 0.950 bits per heavy atom. The first kappa shape index (κ1) is 14.8. The summed E-state index contributed by atoms with van der Waals surface area (Å²) in [5, 5.41) is 3.86. The van der Waals surface area contributed by atoms with Gasteiger partial charge in [-0.2, -0.15) is 0 Å². The molecule has 2 aliphatic carbocycles. The molecule has 2 nitrogen and oxygen atoms in total. The van der Waals surface area contributed by atoms with E-state index in [1.807, 2.05) is 0 Å². The van der Waals surface area contributed by atoms with Gasteiger partial charge in [0.25, 0.3) is 0 Å². The number of hydrogen-bond donors (Lipinski definition) is 1. The van der Waals surface area contributed by atoms with Crippen molar-refractivity contribution in [2.24, 2.45) is 11.3 Å². The number of nitrogens with zero attached hydrogens (tertiary/aromatic N) is 1. The fourth-order valence-corrected chi connectivity index (χ4v) is 4.18. The second-order valence-electron chi connectivity index (χ2n) is 8.03. The Hall–Kier alpha value is -0.0800. The molecule has 0 spiro atoms. The minimum atomic E-state index is 0.597. The molecule has 2 heteroatoms.